The fourth-order valence-corrected chi connectivity index (χ4v) is 1.30. The van der Waals surface area contributed by atoms with E-state index in [0.717, 1.165) is 0 Å². The van der Waals surface area contributed by atoms with E-state index in [-0.39, 0.29) is 19.0 Å². The first-order valence-corrected chi connectivity index (χ1v) is 5.66. The van der Waals surface area contributed by atoms with Gasteiger partial charge >= 0.3 is 5.97 Å². The van der Waals surface area contributed by atoms with Crippen molar-refractivity contribution in [2.24, 2.45) is 4.99 Å². The number of carbonyl (C=O) groups excluding carboxylic acids is 2. The van der Waals surface area contributed by atoms with E-state index in [9.17, 15) is 9.59 Å². The first-order valence-electron chi connectivity index (χ1n) is 5.66. The fourth-order valence-electron chi connectivity index (χ4n) is 1.30. The van der Waals surface area contributed by atoms with Gasteiger partial charge in [0.25, 0.3) is 0 Å². The van der Waals surface area contributed by atoms with Crippen LogP contribution in [0.4, 0.5) is 0 Å². The molecule has 0 saturated heterocycles. The van der Waals surface area contributed by atoms with Crippen LogP contribution in [0.1, 0.15) is 17.3 Å². The summed E-state index contributed by atoms with van der Waals surface area (Å²) < 4.78 is 4.71. The van der Waals surface area contributed by atoms with E-state index >= 15 is 0 Å². The quantitative estimate of drug-likeness (QED) is 0.274. The maximum Gasteiger partial charge on any atom is 0.327 e. The third-order valence-corrected chi connectivity index (χ3v) is 2.09. The van der Waals surface area contributed by atoms with Gasteiger partial charge in [0.2, 0.25) is 5.78 Å². The van der Waals surface area contributed by atoms with Gasteiger partial charge in [-0.15, -0.1) is 0 Å². The molecule has 0 atom stereocenters. The van der Waals surface area contributed by atoms with Crippen LogP contribution in [0.5, 0.6) is 0 Å². The SMILES string of the molecule is [CH2]ONC(=NCC(=O)OCC)C(=O)c1ccccc1. The molecule has 101 valence electrons. The smallest absolute Gasteiger partial charge is 0.327 e. The molecule has 1 N–H and O–H groups in total. The second-order valence-electron chi connectivity index (χ2n) is 3.41. The van der Waals surface area contributed by atoms with Crippen LogP contribution in [0.15, 0.2) is 35.3 Å². The maximum absolute atomic E-state index is 12.1. The molecule has 0 saturated carbocycles. The predicted molar refractivity (Wildman–Crippen MR) is 69.3 cm³/mol. The average Bonchev–Trinajstić information content (AvgIpc) is 2.44. The Balaban J connectivity index is 2.79. The lowest BCUT2D eigenvalue weighted by molar-refractivity contribution is -0.141. The number of aliphatic imine (C=N–C) groups is 1. The normalized spacial score (nSPS) is 10.9. The molecular formula is C13H15N2O4. The molecule has 0 bridgehead atoms. The third kappa shape index (κ3) is 4.89. The minimum Gasteiger partial charge on any atom is -0.465 e. The van der Waals surface area contributed by atoms with Gasteiger partial charge in [0.15, 0.2) is 5.84 Å². The largest absolute Gasteiger partial charge is 0.465 e. The lowest BCUT2D eigenvalue weighted by Crippen LogP contribution is -2.31. The zero-order valence-corrected chi connectivity index (χ0v) is 10.6. The second-order valence-corrected chi connectivity index (χ2v) is 3.41. The van der Waals surface area contributed by atoms with Gasteiger partial charge in [-0.25, -0.2) is 5.48 Å². The minimum atomic E-state index is -0.522. The standard InChI is InChI=1S/C13H15N2O4/c1-3-19-11(16)9-14-13(15-18-2)12(17)10-7-5-4-6-8-10/h4-8H,2-3,9H2,1H3,(H,14,15). The Morgan fingerprint density at radius 3 is 2.58 bits per heavy atom. The summed E-state index contributed by atoms with van der Waals surface area (Å²) >= 11 is 0. The highest BCUT2D eigenvalue weighted by molar-refractivity contribution is 6.45. The van der Waals surface area contributed by atoms with Crippen molar-refractivity contribution in [3.8, 4) is 0 Å². The van der Waals surface area contributed by atoms with Crippen LogP contribution in [0.25, 0.3) is 0 Å². The van der Waals surface area contributed by atoms with Crippen molar-refractivity contribution < 1.29 is 19.2 Å². The predicted octanol–water partition coefficient (Wildman–Crippen LogP) is 1.14. The number of hydrogen-bond donors (Lipinski definition) is 1. The van der Waals surface area contributed by atoms with Gasteiger partial charge in [0.05, 0.1) is 6.61 Å². The molecule has 0 spiro atoms. The van der Waals surface area contributed by atoms with E-state index in [4.69, 9.17) is 4.74 Å². The molecule has 0 amide bonds. The number of ketones is 1. The average molecular weight is 263 g/mol. The monoisotopic (exact) mass is 263 g/mol. The van der Waals surface area contributed by atoms with Crippen molar-refractivity contribution in [3.05, 3.63) is 43.0 Å². The zero-order chi connectivity index (χ0) is 14.1. The van der Waals surface area contributed by atoms with Crippen LogP contribution in [-0.4, -0.2) is 30.7 Å². The van der Waals surface area contributed by atoms with Gasteiger partial charge in [-0.3, -0.25) is 19.4 Å². The van der Waals surface area contributed by atoms with Gasteiger partial charge in [-0.2, -0.15) is 0 Å². The Bertz CT molecular complexity index is 457. The third-order valence-electron chi connectivity index (χ3n) is 2.09. The Morgan fingerprint density at radius 1 is 1.32 bits per heavy atom. The molecule has 19 heavy (non-hydrogen) atoms. The molecule has 0 unspecified atom stereocenters. The number of Topliss-reactive ketones (excluding diaryl/α,β-unsaturated/α-hetero) is 1. The number of carbonyl (C=O) groups is 2. The summed E-state index contributed by atoms with van der Waals surface area (Å²) in [4.78, 5) is 31.5. The molecule has 0 aliphatic carbocycles. The van der Waals surface area contributed by atoms with E-state index in [2.05, 4.69) is 22.4 Å². The first kappa shape index (κ1) is 14.8. The number of amidine groups is 1. The highest BCUT2D eigenvalue weighted by atomic mass is 16.6. The summed E-state index contributed by atoms with van der Waals surface area (Å²) in [5.41, 5.74) is 2.69. The summed E-state index contributed by atoms with van der Waals surface area (Å²) in [6, 6.07) is 8.50. The number of nitrogens with one attached hydrogen (secondary N) is 1. The zero-order valence-electron chi connectivity index (χ0n) is 10.6. The van der Waals surface area contributed by atoms with Crippen LogP contribution < -0.4 is 5.48 Å². The Hall–Kier alpha value is -2.21. The number of ether oxygens (including phenoxy) is 1. The van der Waals surface area contributed by atoms with E-state index < -0.39 is 11.8 Å². The number of benzene rings is 1. The maximum atomic E-state index is 12.1. The van der Waals surface area contributed by atoms with Crippen molar-refractivity contribution in [1.82, 2.24) is 5.48 Å². The van der Waals surface area contributed by atoms with Crippen LogP contribution in [-0.2, 0) is 14.4 Å². The Morgan fingerprint density at radius 2 is 2.00 bits per heavy atom. The van der Waals surface area contributed by atoms with Crippen molar-refractivity contribution in [2.75, 3.05) is 13.2 Å². The Labute approximate surface area is 111 Å². The topological polar surface area (TPSA) is 77.0 Å². The number of esters is 1. The van der Waals surface area contributed by atoms with E-state index in [1.165, 1.54) is 0 Å². The van der Waals surface area contributed by atoms with E-state index in [0.29, 0.717) is 5.56 Å². The number of hydroxylamine groups is 1. The summed E-state index contributed by atoms with van der Waals surface area (Å²) in [6.07, 6.45) is 0. The Kier molecular flexibility index (Phi) is 6.25. The first-order chi connectivity index (χ1) is 9.19. The lowest BCUT2D eigenvalue weighted by Gasteiger charge is -2.06. The number of rotatable bonds is 6. The summed E-state index contributed by atoms with van der Waals surface area (Å²) in [5, 5.41) is 0. The molecule has 0 aliphatic rings. The molecular weight excluding hydrogens is 248 g/mol. The van der Waals surface area contributed by atoms with Crippen molar-refractivity contribution in [1.29, 1.82) is 0 Å². The van der Waals surface area contributed by atoms with Gasteiger partial charge in [0, 0.05) is 5.56 Å². The molecule has 0 heterocycles. The van der Waals surface area contributed by atoms with Crippen LogP contribution in [0, 0.1) is 7.11 Å². The second kappa shape index (κ2) is 7.99. The van der Waals surface area contributed by atoms with Crippen LogP contribution in [0.3, 0.4) is 0 Å². The highest BCUT2D eigenvalue weighted by Crippen LogP contribution is 2.01. The highest BCUT2D eigenvalue weighted by Gasteiger charge is 2.14. The lowest BCUT2D eigenvalue weighted by atomic mass is 10.1. The molecule has 0 aromatic heterocycles. The molecule has 0 fully saturated rings. The van der Waals surface area contributed by atoms with E-state index in [1.54, 1.807) is 37.3 Å². The van der Waals surface area contributed by atoms with Crippen molar-refractivity contribution in [2.45, 2.75) is 6.92 Å². The summed E-state index contributed by atoms with van der Waals surface area (Å²) in [5.74, 6) is -1.02. The molecule has 1 aromatic rings. The van der Waals surface area contributed by atoms with Crippen molar-refractivity contribution >= 4 is 17.6 Å². The number of hydrogen-bond acceptors (Lipinski definition) is 5. The molecule has 1 aromatic carbocycles. The summed E-state index contributed by atoms with van der Waals surface area (Å²) in [6.45, 7) is 1.68. The van der Waals surface area contributed by atoms with Gasteiger partial charge in [-0.1, -0.05) is 30.3 Å². The van der Waals surface area contributed by atoms with Crippen LogP contribution in [0.2, 0.25) is 0 Å². The van der Waals surface area contributed by atoms with Gasteiger partial charge in [0.1, 0.15) is 13.7 Å². The number of nitrogens with zero attached hydrogens (tertiary/aromatic N) is 1. The minimum absolute atomic E-state index is 0.103. The molecule has 6 nitrogen and oxygen atoms in total. The van der Waals surface area contributed by atoms with Crippen molar-refractivity contribution in [3.63, 3.8) is 0 Å². The molecule has 0 aliphatic heterocycles. The fraction of sp³-hybridized carbons (Fsp3) is 0.231. The molecule has 6 heteroatoms. The van der Waals surface area contributed by atoms with Crippen LogP contribution >= 0.6 is 0 Å². The van der Waals surface area contributed by atoms with Gasteiger partial charge < -0.3 is 4.74 Å². The van der Waals surface area contributed by atoms with E-state index in [1.807, 2.05) is 0 Å². The summed E-state index contributed by atoms with van der Waals surface area (Å²) in [7, 11) is 3.10. The van der Waals surface area contributed by atoms with Gasteiger partial charge in [-0.05, 0) is 6.92 Å². The molecule has 1 radical (unpaired) electrons. The molecule has 1 rings (SSSR count).